The predicted octanol–water partition coefficient (Wildman–Crippen LogP) is 1.93. The van der Waals surface area contributed by atoms with E-state index in [0.717, 1.165) is 23.6 Å². The predicted molar refractivity (Wildman–Crippen MR) is 72.8 cm³/mol. The van der Waals surface area contributed by atoms with Gasteiger partial charge in [-0.1, -0.05) is 20.4 Å². The van der Waals surface area contributed by atoms with Gasteiger partial charge in [0.05, 0.1) is 11.8 Å². The van der Waals surface area contributed by atoms with Crippen molar-refractivity contribution in [1.29, 1.82) is 0 Å². The normalized spacial score (nSPS) is 41.3. The van der Waals surface area contributed by atoms with Gasteiger partial charge in [-0.15, -0.1) is 0 Å². The Kier molecular flexibility index (Phi) is 2.37. The molecule has 106 valence electrons. The van der Waals surface area contributed by atoms with Gasteiger partial charge in [0, 0.05) is 11.0 Å². The molecular formula is C14H21NO3S. The fourth-order valence-electron chi connectivity index (χ4n) is 4.74. The molecular weight excluding hydrogens is 262 g/mol. The van der Waals surface area contributed by atoms with Crippen LogP contribution in [0, 0.1) is 16.7 Å². The van der Waals surface area contributed by atoms with E-state index in [-0.39, 0.29) is 22.6 Å². The van der Waals surface area contributed by atoms with E-state index >= 15 is 0 Å². The van der Waals surface area contributed by atoms with Gasteiger partial charge in [0.25, 0.3) is 5.91 Å². The number of hydrogen-bond donors (Lipinski definition) is 0. The molecule has 0 aromatic rings. The molecule has 3 aliphatic rings. The Morgan fingerprint density at radius 2 is 2.00 bits per heavy atom. The molecule has 1 amide bonds. The average Bonchev–Trinajstić information content (AvgIpc) is 2.74. The lowest BCUT2D eigenvalue weighted by Crippen LogP contribution is -2.44. The first-order chi connectivity index (χ1) is 8.63. The molecule has 3 atom stereocenters. The van der Waals surface area contributed by atoms with Crippen LogP contribution in [-0.4, -0.2) is 30.4 Å². The fourth-order valence-corrected chi connectivity index (χ4v) is 7.33. The largest absolute Gasteiger partial charge is 0.268 e. The van der Waals surface area contributed by atoms with Gasteiger partial charge in [0.15, 0.2) is 0 Å². The van der Waals surface area contributed by atoms with E-state index in [1.807, 2.05) is 0 Å². The Bertz CT molecular complexity index is 577. The highest BCUT2D eigenvalue weighted by Crippen LogP contribution is 2.70. The molecule has 5 heteroatoms. The Hall–Kier alpha value is -0.840. The van der Waals surface area contributed by atoms with Crippen molar-refractivity contribution in [3.05, 3.63) is 12.2 Å². The molecule has 0 N–H and O–H groups in total. The number of carbonyl (C=O) groups excluding carboxylic acids is 1. The molecule has 3 rings (SSSR count). The van der Waals surface area contributed by atoms with Gasteiger partial charge >= 0.3 is 0 Å². The number of hydrogen-bond acceptors (Lipinski definition) is 3. The Labute approximate surface area is 114 Å². The molecule has 2 saturated carbocycles. The van der Waals surface area contributed by atoms with Crippen molar-refractivity contribution in [3.8, 4) is 0 Å². The quantitative estimate of drug-likeness (QED) is 0.691. The van der Waals surface area contributed by atoms with Gasteiger partial charge in [-0.25, -0.2) is 12.7 Å². The molecule has 3 unspecified atom stereocenters. The lowest BCUT2D eigenvalue weighted by atomic mass is 9.69. The van der Waals surface area contributed by atoms with Crippen LogP contribution in [0.3, 0.4) is 0 Å². The van der Waals surface area contributed by atoms with E-state index in [1.54, 1.807) is 6.92 Å². The lowest BCUT2D eigenvalue weighted by molar-refractivity contribution is -0.125. The van der Waals surface area contributed by atoms with Crippen LogP contribution in [0.5, 0.6) is 0 Å². The molecule has 1 heterocycles. The molecule has 0 radical (unpaired) electrons. The van der Waals surface area contributed by atoms with Crippen molar-refractivity contribution in [3.63, 3.8) is 0 Å². The molecule has 3 fully saturated rings. The van der Waals surface area contributed by atoms with E-state index in [1.165, 1.54) is 0 Å². The van der Waals surface area contributed by atoms with Gasteiger partial charge in [0.2, 0.25) is 10.0 Å². The Morgan fingerprint density at radius 1 is 1.37 bits per heavy atom. The van der Waals surface area contributed by atoms with Crippen LogP contribution in [-0.2, 0) is 14.8 Å². The van der Waals surface area contributed by atoms with Gasteiger partial charge in [0.1, 0.15) is 0 Å². The van der Waals surface area contributed by atoms with Crippen LogP contribution in [0.2, 0.25) is 0 Å². The third-order valence-electron chi connectivity index (χ3n) is 5.98. The van der Waals surface area contributed by atoms with Crippen molar-refractivity contribution < 1.29 is 13.2 Å². The van der Waals surface area contributed by atoms with Crippen LogP contribution in [0.4, 0.5) is 0 Å². The maximum atomic E-state index is 12.5. The van der Waals surface area contributed by atoms with Crippen molar-refractivity contribution in [2.75, 3.05) is 5.75 Å². The topological polar surface area (TPSA) is 54.5 Å². The standard InChI is InChI=1S/C14H21NO3S/c1-9(2)12(16)15-11-7-10-5-6-14(11,13(10,3)4)8-19(15,17)18/h10-11H,1,5-8H2,2-4H3. The highest BCUT2D eigenvalue weighted by atomic mass is 32.2. The van der Waals surface area contributed by atoms with E-state index in [0.29, 0.717) is 11.5 Å². The minimum absolute atomic E-state index is 0.00877. The van der Waals surface area contributed by atoms with Crippen LogP contribution < -0.4 is 0 Å². The molecule has 19 heavy (non-hydrogen) atoms. The summed E-state index contributed by atoms with van der Waals surface area (Å²) >= 11 is 0. The van der Waals surface area contributed by atoms with E-state index in [4.69, 9.17) is 0 Å². The number of rotatable bonds is 1. The maximum Gasteiger partial charge on any atom is 0.262 e. The minimum atomic E-state index is -3.48. The highest BCUT2D eigenvalue weighted by Gasteiger charge is 2.72. The second-order valence-electron chi connectivity index (χ2n) is 7.00. The maximum absolute atomic E-state index is 12.5. The first-order valence-electron chi connectivity index (χ1n) is 6.85. The zero-order valence-corrected chi connectivity index (χ0v) is 12.6. The summed E-state index contributed by atoms with van der Waals surface area (Å²) in [6.07, 6.45) is 2.84. The number of fused-ring (bicyclic) bond motifs is 1. The Morgan fingerprint density at radius 3 is 2.53 bits per heavy atom. The molecule has 0 aromatic carbocycles. The molecule has 2 aliphatic carbocycles. The van der Waals surface area contributed by atoms with Gasteiger partial charge in [-0.05, 0) is 37.5 Å². The highest BCUT2D eigenvalue weighted by molar-refractivity contribution is 7.90. The third-order valence-corrected chi connectivity index (χ3v) is 7.88. The zero-order valence-electron chi connectivity index (χ0n) is 11.8. The Balaban J connectivity index is 2.12. The third kappa shape index (κ3) is 1.34. The van der Waals surface area contributed by atoms with E-state index in [2.05, 4.69) is 20.4 Å². The van der Waals surface area contributed by atoms with Crippen molar-refractivity contribution >= 4 is 15.9 Å². The molecule has 1 aliphatic heterocycles. The summed E-state index contributed by atoms with van der Waals surface area (Å²) in [7, 11) is -3.48. The number of nitrogens with zero attached hydrogens (tertiary/aromatic N) is 1. The van der Waals surface area contributed by atoms with Gasteiger partial charge < -0.3 is 0 Å². The van der Waals surface area contributed by atoms with Crippen molar-refractivity contribution in [2.45, 2.75) is 46.1 Å². The molecule has 1 spiro atoms. The summed E-state index contributed by atoms with van der Waals surface area (Å²) in [4.78, 5) is 12.2. The SMILES string of the molecule is C=C(C)C(=O)N1C2CC3CCC2(CS1(=O)=O)C3(C)C. The summed E-state index contributed by atoms with van der Waals surface area (Å²) < 4.78 is 26.1. The molecule has 1 saturated heterocycles. The average molecular weight is 283 g/mol. The smallest absolute Gasteiger partial charge is 0.262 e. The monoisotopic (exact) mass is 283 g/mol. The summed E-state index contributed by atoms with van der Waals surface area (Å²) in [6.45, 7) is 9.56. The van der Waals surface area contributed by atoms with E-state index in [9.17, 15) is 13.2 Å². The minimum Gasteiger partial charge on any atom is -0.268 e. The van der Waals surface area contributed by atoms with E-state index < -0.39 is 15.9 Å². The van der Waals surface area contributed by atoms with Crippen LogP contribution >= 0.6 is 0 Å². The number of amides is 1. The van der Waals surface area contributed by atoms with Gasteiger partial charge in [-0.2, -0.15) is 0 Å². The molecule has 0 aromatic heterocycles. The second-order valence-corrected chi connectivity index (χ2v) is 8.85. The van der Waals surface area contributed by atoms with Crippen molar-refractivity contribution in [2.24, 2.45) is 16.7 Å². The van der Waals surface area contributed by atoms with Crippen molar-refractivity contribution in [1.82, 2.24) is 4.31 Å². The summed E-state index contributed by atoms with van der Waals surface area (Å²) in [5.74, 6) is 0.256. The second kappa shape index (κ2) is 3.43. The molecule has 4 nitrogen and oxygen atoms in total. The van der Waals surface area contributed by atoms with Crippen LogP contribution in [0.25, 0.3) is 0 Å². The van der Waals surface area contributed by atoms with Gasteiger partial charge in [-0.3, -0.25) is 4.79 Å². The number of carbonyl (C=O) groups is 1. The zero-order chi connectivity index (χ0) is 14.2. The first-order valence-corrected chi connectivity index (χ1v) is 8.46. The summed E-state index contributed by atoms with van der Waals surface area (Å²) in [5, 5.41) is 0. The van der Waals surface area contributed by atoms with Crippen LogP contribution in [0.1, 0.15) is 40.0 Å². The molecule has 2 bridgehead atoms. The lowest BCUT2D eigenvalue weighted by Gasteiger charge is -2.37. The summed E-state index contributed by atoms with van der Waals surface area (Å²) in [5.41, 5.74) is 0.0809. The van der Waals surface area contributed by atoms with Crippen LogP contribution in [0.15, 0.2) is 12.2 Å². The number of sulfonamides is 1. The summed E-state index contributed by atoms with van der Waals surface area (Å²) in [6, 6.07) is -0.143. The fraction of sp³-hybridized carbons (Fsp3) is 0.786. The first kappa shape index (κ1) is 13.2.